The molecule has 1 saturated heterocycles. The fourth-order valence-corrected chi connectivity index (χ4v) is 3.86. The summed E-state index contributed by atoms with van der Waals surface area (Å²) in [5.74, 6) is 1.88. The number of benzene rings is 1. The standard InChI is InChI=1S/C25H30N6/c1-6-20-12-13-24(28-21(20)7-2)30-14-15-31(23(16-30)18(3)4)25(27-17-26)29-22-11-9-8-10-19(22)5/h6-13,18,23H,1-2,14-16H2,3-5H3,(H,27,29). The minimum Gasteiger partial charge on any atom is -0.353 e. The SMILES string of the molecule is C=Cc1ccc(N2CCN(C(=Nc3ccccc3C)NC#N)C(C(C)C)C2)nc1C=C. The van der Waals surface area contributed by atoms with E-state index in [9.17, 15) is 5.26 Å². The molecule has 1 fully saturated rings. The molecule has 1 atom stereocenters. The zero-order chi connectivity index (χ0) is 22.4. The number of anilines is 1. The lowest BCUT2D eigenvalue weighted by atomic mass is 9.99. The van der Waals surface area contributed by atoms with Gasteiger partial charge in [0.25, 0.3) is 0 Å². The highest BCUT2D eigenvalue weighted by Crippen LogP contribution is 2.25. The van der Waals surface area contributed by atoms with Gasteiger partial charge >= 0.3 is 0 Å². The highest BCUT2D eigenvalue weighted by molar-refractivity contribution is 5.85. The third-order valence-corrected chi connectivity index (χ3v) is 5.65. The second-order valence-corrected chi connectivity index (χ2v) is 7.96. The molecule has 0 radical (unpaired) electrons. The molecule has 3 rings (SSSR count). The van der Waals surface area contributed by atoms with Crippen LogP contribution in [0.2, 0.25) is 0 Å². The molecule has 0 spiro atoms. The zero-order valence-corrected chi connectivity index (χ0v) is 18.5. The fraction of sp³-hybridized carbons (Fsp3) is 0.320. The second-order valence-electron chi connectivity index (χ2n) is 7.96. The van der Waals surface area contributed by atoms with E-state index in [0.717, 1.165) is 48.0 Å². The molecule has 1 aliphatic rings. The lowest BCUT2D eigenvalue weighted by molar-refractivity contribution is 0.220. The smallest absolute Gasteiger partial charge is 0.212 e. The molecular formula is C25H30N6. The number of para-hydroxylation sites is 1. The minimum absolute atomic E-state index is 0.172. The van der Waals surface area contributed by atoms with Gasteiger partial charge in [-0.05, 0) is 48.2 Å². The summed E-state index contributed by atoms with van der Waals surface area (Å²) in [6.07, 6.45) is 5.63. The van der Waals surface area contributed by atoms with Crippen LogP contribution < -0.4 is 10.2 Å². The van der Waals surface area contributed by atoms with Crippen LogP contribution in [-0.2, 0) is 0 Å². The summed E-state index contributed by atoms with van der Waals surface area (Å²) in [5, 5.41) is 12.2. The van der Waals surface area contributed by atoms with Gasteiger partial charge in [0.2, 0.25) is 5.96 Å². The van der Waals surface area contributed by atoms with Gasteiger partial charge in [0.1, 0.15) is 5.82 Å². The van der Waals surface area contributed by atoms with Crippen LogP contribution in [0.4, 0.5) is 11.5 Å². The molecular weight excluding hydrogens is 384 g/mol. The van der Waals surface area contributed by atoms with Crippen molar-refractivity contribution in [2.24, 2.45) is 10.9 Å². The summed E-state index contributed by atoms with van der Waals surface area (Å²) in [7, 11) is 0. The highest BCUT2D eigenvalue weighted by Gasteiger charge is 2.32. The first-order chi connectivity index (χ1) is 15.0. The summed E-state index contributed by atoms with van der Waals surface area (Å²) in [6.45, 7) is 16.4. The molecule has 1 aromatic carbocycles. The third kappa shape index (κ3) is 4.95. The van der Waals surface area contributed by atoms with Gasteiger partial charge in [-0.25, -0.2) is 9.98 Å². The van der Waals surface area contributed by atoms with Crippen molar-refractivity contribution < 1.29 is 0 Å². The Labute approximate surface area is 185 Å². The molecule has 1 aromatic heterocycles. The van der Waals surface area contributed by atoms with E-state index in [1.807, 2.05) is 43.3 Å². The number of hydrogen-bond acceptors (Lipinski definition) is 4. The Morgan fingerprint density at radius 2 is 2.00 bits per heavy atom. The monoisotopic (exact) mass is 414 g/mol. The van der Waals surface area contributed by atoms with Crippen LogP contribution in [0, 0.1) is 24.3 Å². The number of rotatable bonds is 5. The summed E-state index contributed by atoms with van der Waals surface area (Å²) >= 11 is 0. The number of aromatic nitrogens is 1. The molecule has 0 amide bonds. The first-order valence-electron chi connectivity index (χ1n) is 10.6. The molecule has 0 bridgehead atoms. The average Bonchev–Trinajstić information content (AvgIpc) is 2.79. The van der Waals surface area contributed by atoms with E-state index >= 15 is 0 Å². The lowest BCUT2D eigenvalue weighted by Gasteiger charge is -2.44. The number of guanidine groups is 1. The number of hydrogen-bond donors (Lipinski definition) is 1. The van der Waals surface area contributed by atoms with Gasteiger partial charge < -0.3 is 9.80 Å². The van der Waals surface area contributed by atoms with Crippen LogP contribution in [0.15, 0.2) is 54.5 Å². The van der Waals surface area contributed by atoms with Crippen molar-refractivity contribution in [1.82, 2.24) is 15.2 Å². The van der Waals surface area contributed by atoms with Gasteiger partial charge in [-0.15, -0.1) is 0 Å². The van der Waals surface area contributed by atoms with Crippen molar-refractivity contribution in [2.45, 2.75) is 26.8 Å². The number of aliphatic imine (C=N–C) groups is 1. The Hall–Kier alpha value is -3.59. The Bertz CT molecular complexity index is 1020. The minimum atomic E-state index is 0.172. The number of nitrogens with one attached hydrogen (secondary N) is 1. The quantitative estimate of drug-likeness (QED) is 0.336. The predicted molar refractivity (Wildman–Crippen MR) is 129 cm³/mol. The van der Waals surface area contributed by atoms with Gasteiger partial charge in [0.05, 0.1) is 17.4 Å². The Kier molecular flexibility index (Phi) is 7.09. The molecule has 1 unspecified atom stereocenters. The molecule has 0 saturated carbocycles. The van der Waals surface area contributed by atoms with E-state index in [4.69, 9.17) is 9.98 Å². The van der Waals surface area contributed by atoms with Crippen LogP contribution in [-0.4, -0.2) is 41.5 Å². The topological polar surface area (TPSA) is 67.5 Å². The third-order valence-electron chi connectivity index (χ3n) is 5.65. The molecule has 2 aromatic rings. The van der Waals surface area contributed by atoms with E-state index in [-0.39, 0.29) is 6.04 Å². The molecule has 160 valence electrons. The number of nitrogens with zero attached hydrogens (tertiary/aromatic N) is 5. The summed E-state index contributed by atoms with van der Waals surface area (Å²) in [4.78, 5) is 14.1. The summed E-state index contributed by atoms with van der Waals surface area (Å²) in [6, 6.07) is 12.2. The predicted octanol–water partition coefficient (Wildman–Crippen LogP) is 4.58. The van der Waals surface area contributed by atoms with E-state index in [0.29, 0.717) is 11.9 Å². The molecule has 0 aliphatic carbocycles. The van der Waals surface area contributed by atoms with Crippen LogP contribution in [0.3, 0.4) is 0 Å². The van der Waals surface area contributed by atoms with E-state index < -0.39 is 0 Å². The first-order valence-corrected chi connectivity index (χ1v) is 10.6. The maximum Gasteiger partial charge on any atom is 0.212 e. The van der Waals surface area contributed by atoms with Gasteiger partial charge in [0, 0.05) is 19.6 Å². The van der Waals surface area contributed by atoms with Crippen LogP contribution in [0.5, 0.6) is 0 Å². The molecule has 6 nitrogen and oxygen atoms in total. The average molecular weight is 415 g/mol. The largest absolute Gasteiger partial charge is 0.353 e. The van der Waals surface area contributed by atoms with Crippen molar-refractivity contribution in [3.05, 3.63) is 66.4 Å². The van der Waals surface area contributed by atoms with Crippen molar-refractivity contribution in [3.8, 4) is 6.19 Å². The van der Waals surface area contributed by atoms with Crippen LogP contribution >= 0.6 is 0 Å². The van der Waals surface area contributed by atoms with Crippen molar-refractivity contribution in [2.75, 3.05) is 24.5 Å². The second kappa shape index (κ2) is 9.94. The van der Waals surface area contributed by atoms with Gasteiger partial charge in [-0.1, -0.05) is 51.3 Å². The molecule has 31 heavy (non-hydrogen) atoms. The number of piperazine rings is 1. The number of nitriles is 1. The summed E-state index contributed by atoms with van der Waals surface area (Å²) in [5.41, 5.74) is 3.75. The van der Waals surface area contributed by atoms with Crippen molar-refractivity contribution >= 4 is 29.6 Å². The Morgan fingerprint density at radius 1 is 1.23 bits per heavy atom. The molecule has 6 heteroatoms. The maximum absolute atomic E-state index is 9.37. The van der Waals surface area contributed by atoms with Crippen LogP contribution in [0.1, 0.15) is 30.7 Å². The van der Waals surface area contributed by atoms with Crippen molar-refractivity contribution in [1.29, 1.82) is 5.26 Å². The van der Waals surface area contributed by atoms with Gasteiger partial charge in [-0.3, -0.25) is 5.32 Å². The molecule has 1 N–H and O–H groups in total. The summed E-state index contributed by atoms with van der Waals surface area (Å²) < 4.78 is 0. The van der Waals surface area contributed by atoms with Gasteiger partial charge in [0.15, 0.2) is 6.19 Å². The van der Waals surface area contributed by atoms with Gasteiger partial charge in [-0.2, -0.15) is 5.26 Å². The van der Waals surface area contributed by atoms with E-state index in [1.165, 1.54) is 0 Å². The normalized spacial score (nSPS) is 16.7. The first kappa shape index (κ1) is 22.1. The van der Waals surface area contributed by atoms with Crippen molar-refractivity contribution in [3.63, 3.8) is 0 Å². The highest BCUT2D eigenvalue weighted by atomic mass is 15.4. The van der Waals surface area contributed by atoms with E-state index in [1.54, 1.807) is 12.2 Å². The number of pyridine rings is 1. The molecule has 2 heterocycles. The van der Waals surface area contributed by atoms with E-state index in [2.05, 4.69) is 48.3 Å². The fourth-order valence-electron chi connectivity index (χ4n) is 3.86. The van der Waals surface area contributed by atoms with Crippen LogP contribution in [0.25, 0.3) is 12.2 Å². The number of aryl methyl sites for hydroxylation is 1. The molecule has 1 aliphatic heterocycles. The maximum atomic E-state index is 9.37. The lowest BCUT2D eigenvalue weighted by Crippen LogP contribution is -2.59. The zero-order valence-electron chi connectivity index (χ0n) is 18.5. The Balaban J connectivity index is 1.90. The Morgan fingerprint density at radius 3 is 2.65 bits per heavy atom.